The predicted molar refractivity (Wildman–Crippen MR) is 169 cm³/mol. The van der Waals surface area contributed by atoms with E-state index in [2.05, 4.69) is 50.9 Å². The molecule has 0 saturated carbocycles. The van der Waals surface area contributed by atoms with E-state index in [9.17, 15) is 4.79 Å². The van der Waals surface area contributed by atoms with Gasteiger partial charge in [0.15, 0.2) is 5.82 Å². The van der Waals surface area contributed by atoms with Gasteiger partial charge in [-0.25, -0.2) is 20.4 Å². The Morgan fingerprint density at radius 1 is 1.07 bits per heavy atom. The number of anilines is 4. The van der Waals surface area contributed by atoms with E-state index in [1.807, 2.05) is 51.4 Å². The number of ether oxygens (including phenoxy) is 1. The number of hydrogen-bond donors (Lipinski definition) is 4. The van der Waals surface area contributed by atoms with Crippen molar-refractivity contribution < 1.29 is 14.4 Å². The Labute approximate surface area is 255 Å². The molecule has 1 aliphatic heterocycles. The number of aromatic amines is 1. The van der Waals surface area contributed by atoms with Gasteiger partial charge in [-0.05, 0) is 51.4 Å². The molecule has 230 valence electrons. The van der Waals surface area contributed by atoms with Crippen molar-refractivity contribution in [1.29, 1.82) is 0 Å². The lowest BCUT2D eigenvalue weighted by Crippen LogP contribution is -2.30. The van der Waals surface area contributed by atoms with Crippen LogP contribution in [0.15, 0.2) is 48.9 Å². The fourth-order valence-electron chi connectivity index (χ4n) is 4.90. The molecule has 0 aliphatic carbocycles. The average Bonchev–Trinajstić information content (AvgIpc) is 3.76. The molecular weight excluding hydrogens is 562 g/mol. The Bertz CT molecular complexity index is 1710. The molecule has 6 rings (SSSR count). The van der Waals surface area contributed by atoms with Crippen molar-refractivity contribution in [3.63, 3.8) is 0 Å². The number of hydrogen-bond acceptors (Lipinski definition) is 11. The quantitative estimate of drug-likeness (QED) is 0.180. The number of benzene rings is 1. The van der Waals surface area contributed by atoms with E-state index in [0.717, 1.165) is 65.0 Å². The first-order valence-electron chi connectivity index (χ1n) is 14.2. The van der Waals surface area contributed by atoms with E-state index < -0.39 is 0 Å². The summed E-state index contributed by atoms with van der Waals surface area (Å²) in [7, 11) is 4.93. The van der Waals surface area contributed by atoms with Gasteiger partial charge in [-0.15, -0.1) is 0 Å². The molecule has 0 unspecified atom stereocenters. The lowest BCUT2D eigenvalue weighted by atomic mass is 10.1. The van der Waals surface area contributed by atoms with Crippen LogP contribution in [0.4, 0.5) is 23.4 Å². The van der Waals surface area contributed by atoms with Crippen LogP contribution in [0, 0.1) is 13.8 Å². The summed E-state index contributed by atoms with van der Waals surface area (Å²) in [6.45, 7) is 6.39. The molecule has 4 N–H and O–H groups in total. The van der Waals surface area contributed by atoms with Crippen LogP contribution in [0.1, 0.15) is 24.1 Å². The second kappa shape index (κ2) is 13.9. The Kier molecular flexibility index (Phi) is 9.62. The number of aromatic nitrogens is 7. The number of amides is 1. The van der Waals surface area contributed by atoms with Crippen LogP contribution < -0.4 is 20.9 Å². The van der Waals surface area contributed by atoms with Gasteiger partial charge >= 0.3 is 0 Å². The number of para-hydroxylation sites is 1. The fourth-order valence-corrected chi connectivity index (χ4v) is 4.90. The van der Waals surface area contributed by atoms with Crippen molar-refractivity contribution in [3.8, 4) is 17.1 Å². The van der Waals surface area contributed by atoms with Gasteiger partial charge in [0.1, 0.15) is 0 Å². The lowest BCUT2D eigenvalue weighted by molar-refractivity contribution is -0.117. The smallest absolute Gasteiger partial charge is 0.250 e. The number of nitrogens with one attached hydrogen (secondary N) is 4. The van der Waals surface area contributed by atoms with Crippen LogP contribution in [-0.2, 0) is 16.7 Å². The molecule has 0 atom stereocenters. The highest BCUT2D eigenvalue weighted by Gasteiger charge is 2.18. The molecule has 1 saturated heterocycles. The molecule has 1 fully saturated rings. The summed E-state index contributed by atoms with van der Waals surface area (Å²) in [5.41, 5.74) is 7.93. The van der Waals surface area contributed by atoms with Gasteiger partial charge in [-0.2, -0.15) is 10.1 Å². The number of methoxy groups -OCH3 is 1. The number of fused-ring (bicyclic) bond motifs is 1. The minimum absolute atomic E-state index is 0.0101. The third kappa shape index (κ3) is 7.27. The van der Waals surface area contributed by atoms with Crippen LogP contribution >= 0.6 is 0 Å². The maximum Gasteiger partial charge on any atom is 0.250 e. The van der Waals surface area contributed by atoms with Gasteiger partial charge in [0.25, 0.3) is 0 Å². The molecule has 1 amide bonds. The predicted octanol–water partition coefficient (Wildman–Crippen LogP) is 4.21. The molecule has 4 aromatic heterocycles. The van der Waals surface area contributed by atoms with Crippen molar-refractivity contribution in [3.05, 3.63) is 60.2 Å². The van der Waals surface area contributed by atoms with Crippen molar-refractivity contribution >= 4 is 40.2 Å². The van der Waals surface area contributed by atoms with Gasteiger partial charge in [-0.3, -0.25) is 19.2 Å². The lowest BCUT2D eigenvalue weighted by Gasteiger charge is -2.14. The van der Waals surface area contributed by atoms with E-state index >= 15 is 0 Å². The molecule has 14 nitrogen and oxygen atoms in total. The number of nitrogens with zero attached hydrogens (tertiary/aromatic N) is 7. The first kappa shape index (κ1) is 30.4. The van der Waals surface area contributed by atoms with E-state index in [4.69, 9.17) is 9.72 Å². The van der Waals surface area contributed by atoms with Gasteiger partial charge in [-0.1, -0.05) is 12.1 Å². The number of carbonyl (C=O) groups is 1. The second-order valence-corrected chi connectivity index (χ2v) is 10.3. The molecule has 1 aliphatic rings. The summed E-state index contributed by atoms with van der Waals surface area (Å²) in [6, 6.07) is 9.52. The maximum atomic E-state index is 12.6. The molecule has 44 heavy (non-hydrogen) atoms. The molecule has 0 bridgehead atoms. The van der Waals surface area contributed by atoms with Crippen LogP contribution in [0.5, 0.6) is 5.88 Å². The summed E-state index contributed by atoms with van der Waals surface area (Å²) < 4.78 is 6.66. The van der Waals surface area contributed by atoms with Gasteiger partial charge in [0.2, 0.25) is 23.7 Å². The molecule has 0 radical (unpaired) electrons. The van der Waals surface area contributed by atoms with E-state index in [1.54, 1.807) is 30.3 Å². The van der Waals surface area contributed by atoms with Crippen molar-refractivity contribution in [1.82, 2.24) is 39.6 Å². The first-order chi connectivity index (χ1) is 21.3. The minimum Gasteiger partial charge on any atom is -0.481 e. The summed E-state index contributed by atoms with van der Waals surface area (Å²) in [5.74, 6) is 2.08. The zero-order valence-corrected chi connectivity index (χ0v) is 25.5. The standard InChI is InChI=1S/C24H28N8O.C6H9N3O2/c1-15-12-26-24(28-20-11-16(2)31(3)30-20)29-22(15)18-13-25-23-17(18)7-6-8-19(23)27-21(33)14-32-9-4-5-10-32;1-10-5-3-4-7-6(8-5)9-11-2/h6-8,11-13,25H,4-5,9-10,14H2,1-3H3,(H,27,33)(H,26,28,29,30);3-4H,1-2H3,(H,7,8,9). The summed E-state index contributed by atoms with van der Waals surface area (Å²) in [6.07, 6.45) is 7.65. The Morgan fingerprint density at radius 3 is 2.61 bits per heavy atom. The van der Waals surface area contributed by atoms with Crippen LogP contribution in [0.25, 0.3) is 22.2 Å². The molecule has 5 aromatic rings. The van der Waals surface area contributed by atoms with Gasteiger partial charge < -0.3 is 20.4 Å². The van der Waals surface area contributed by atoms with Crippen molar-refractivity contribution in [2.24, 2.45) is 7.05 Å². The number of H-pyrrole nitrogens is 1. The third-order valence-corrected chi connectivity index (χ3v) is 7.17. The van der Waals surface area contributed by atoms with E-state index in [-0.39, 0.29) is 5.91 Å². The molecular formula is C30H37N11O3. The zero-order valence-electron chi connectivity index (χ0n) is 25.5. The Balaban J connectivity index is 0.000000296. The van der Waals surface area contributed by atoms with Crippen LogP contribution in [0.2, 0.25) is 0 Å². The van der Waals surface area contributed by atoms with E-state index in [0.29, 0.717) is 30.1 Å². The van der Waals surface area contributed by atoms with Crippen LogP contribution in [0.3, 0.4) is 0 Å². The summed E-state index contributed by atoms with van der Waals surface area (Å²) in [5, 5.41) is 11.7. The first-order valence-corrected chi connectivity index (χ1v) is 14.2. The third-order valence-electron chi connectivity index (χ3n) is 7.17. The summed E-state index contributed by atoms with van der Waals surface area (Å²) >= 11 is 0. The van der Waals surface area contributed by atoms with E-state index in [1.165, 1.54) is 7.11 Å². The number of carbonyl (C=O) groups excluding carboxylic acids is 1. The zero-order chi connectivity index (χ0) is 31.1. The number of rotatable bonds is 9. The van der Waals surface area contributed by atoms with Gasteiger partial charge in [0.05, 0.1) is 37.7 Å². The SMILES string of the molecule is CONc1nccc(OC)n1.Cc1cnc(Nc2cc(C)n(C)n2)nc1-c1c[nH]c2c(NC(=O)CN3CCCC3)cccc12. The fraction of sp³-hybridized carbons (Fsp3) is 0.333. The minimum atomic E-state index is 0.0101. The maximum absolute atomic E-state index is 12.6. The van der Waals surface area contributed by atoms with Crippen LogP contribution in [-0.4, -0.2) is 79.4 Å². The Hall–Kier alpha value is -5.08. The molecule has 0 spiro atoms. The van der Waals surface area contributed by atoms with Crippen molar-refractivity contribution in [2.45, 2.75) is 26.7 Å². The highest BCUT2D eigenvalue weighted by molar-refractivity contribution is 6.06. The highest BCUT2D eigenvalue weighted by atomic mass is 16.6. The van der Waals surface area contributed by atoms with Gasteiger partial charge in [0, 0.05) is 54.4 Å². The highest BCUT2D eigenvalue weighted by Crippen LogP contribution is 2.33. The Morgan fingerprint density at radius 2 is 1.89 bits per heavy atom. The average molecular weight is 600 g/mol. The largest absolute Gasteiger partial charge is 0.481 e. The molecule has 1 aromatic carbocycles. The number of aryl methyl sites for hydroxylation is 3. The molecule has 5 heterocycles. The number of likely N-dealkylation sites (tertiary alicyclic amines) is 1. The normalized spacial score (nSPS) is 12.9. The second-order valence-electron chi connectivity index (χ2n) is 10.3. The monoisotopic (exact) mass is 599 g/mol. The van der Waals surface area contributed by atoms with Crippen molar-refractivity contribution in [2.75, 3.05) is 50.0 Å². The topological polar surface area (TPSA) is 160 Å². The summed E-state index contributed by atoms with van der Waals surface area (Å²) in [4.78, 5) is 39.7. The molecule has 14 heteroatoms.